The lowest BCUT2D eigenvalue weighted by Gasteiger charge is -2.33. The van der Waals surface area contributed by atoms with Crippen molar-refractivity contribution in [1.29, 1.82) is 0 Å². The van der Waals surface area contributed by atoms with Gasteiger partial charge in [-0.3, -0.25) is 13.9 Å². The minimum atomic E-state index is -4.21. The molecule has 3 aromatic carbocycles. The summed E-state index contributed by atoms with van der Waals surface area (Å²) in [5.74, 6) is -0.0558. The summed E-state index contributed by atoms with van der Waals surface area (Å²) < 4.78 is 41.0. The van der Waals surface area contributed by atoms with Gasteiger partial charge in [0.25, 0.3) is 10.0 Å². The number of aryl methyl sites for hydroxylation is 1. The summed E-state index contributed by atoms with van der Waals surface area (Å²) >= 11 is 3.44. The third kappa shape index (κ3) is 8.12. The fourth-order valence-corrected chi connectivity index (χ4v) is 6.95. The Morgan fingerprint density at radius 2 is 1.57 bits per heavy atom. The number of sulfonamides is 1. The maximum Gasteiger partial charge on any atom is 0.264 e. The van der Waals surface area contributed by atoms with Gasteiger partial charge in [0.05, 0.1) is 24.8 Å². The van der Waals surface area contributed by atoms with E-state index in [-0.39, 0.29) is 29.1 Å². The first-order valence-electron chi connectivity index (χ1n) is 14.7. The molecule has 0 spiro atoms. The zero-order chi connectivity index (χ0) is 31.9. The lowest BCUT2D eigenvalue weighted by molar-refractivity contribution is -0.139. The van der Waals surface area contributed by atoms with Crippen molar-refractivity contribution in [3.05, 3.63) is 82.3 Å². The van der Waals surface area contributed by atoms with E-state index in [1.807, 2.05) is 31.2 Å². The number of rotatable bonds is 12. The van der Waals surface area contributed by atoms with E-state index in [2.05, 4.69) is 21.2 Å². The minimum Gasteiger partial charge on any atom is -0.493 e. The maximum absolute atomic E-state index is 14.2. The van der Waals surface area contributed by atoms with E-state index in [0.29, 0.717) is 11.5 Å². The monoisotopic (exact) mass is 685 g/mol. The highest BCUT2D eigenvalue weighted by molar-refractivity contribution is 9.10. The van der Waals surface area contributed by atoms with Gasteiger partial charge in [0.2, 0.25) is 11.8 Å². The second-order valence-corrected chi connectivity index (χ2v) is 13.8. The Balaban J connectivity index is 1.72. The Morgan fingerprint density at radius 3 is 2.18 bits per heavy atom. The van der Waals surface area contributed by atoms with Gasteiger partial charge in [-0.2, -0.15) is 0 Å². The summed E-state index contributed by atoms with van der Waals surface area (Å²) in [6.45, 7) is 3.13. The molecule has 0 aromatic heterocycles. The van der Waals surface area contributed by atoms with Gasteiger partial charge >= 0.3 is 0 Å². The second-order valence-electron chi connectivity index (χ2n) is 11.0. The Hall–Kier alpha value is -3.57. The maximum atomic E-state index is 14.2. The molecule has 3 aromatic rings. The highest BCUT2D eigenvalue weighted by Gasteiger charge is 2.33. The average Bonchev–Trinajstić information content (AvgIpc) is 3.03. The van der Waals surface area contributed by atoms with Crippen LogP contribution in [-0.4, -0.2) is 58.0 Å². The Labute approximate surface area is 268 Å². The molecule has 1 aliphatic rings. The number of methoxy groups -OCH3 is 2. The molecule has 2 amide bonds. The van der Waals surface area contributed by atoms with E-state index in [4.69, 9.17) is 9.47 Å². The molecule has 0 heterocycles. The molecule has 1 aliphatic carbocycles. The van der Waals surface area contributed by atoms with Gasteiger partial charge in [0.15, 0.2) is 11.5 Å². The molecule has 0 bridgehead atoms. The summed E-state index contributed by atoms with van der Waals surface area (Å²) in [6, 6.07) is 17.8. The van der Waals surface area contributed by atoms with Crippen molar-refractivity contribution >= 4 is 43.5 Å². The van der Waals surface area contributed by atoms with Crippen molar-refractivity contribution in [1.82, 2.24) is 10.2 Å². The van der Waals surface area contributed by atoms with Crippen molar-refractivity contribution < 1.29 is 27.5 Å². The Bertz CT molecular complexity index is 1540. The number of benzene rings is 3. The van der Waals surface area contributed by atoms with Gasteiger partial charge in [-0.05, 0) is 68.7 Å². The summed E-state index contributed by atoms with van der Waals surface area (Å²) in [4.78, 5) is 29.2. The van der Waals surface area contributed by atoms with Crippen molar-refractivity contribution in [3.63, 3.8) is 0 Å². The zero-order valence-electron chi connectivity index (χ0n) is 25.6. The molecular formula is C33H40BrN3O6S. The van der Waals surface area contributed by atoms with Crippen LogP contribution in [0.3, 0.4) is 0 Å². The molecular weight excluding hydrogens is 646 g/mol. The number of hydrogen-bond acceptors (Lipinski definition) is 6. The molecule has 1 atom stereocenters. The normalized spacial score (nSPS) is 14.4. The van der Waals surface area contributed by atoms with Crippen LogP contribution in [0.25, 0.3) is 0 Å². The van der Waals surface area contributed by atoms with Gasteiger partial charge in [-0.15, -0.1) is 0 Å². The van der Waals surface area contributed by atoms with Gasteiger partial charge < -0.3 is 19.7 Å². The number of anilines is 1. The first kappa shape index (κ1) is 33.3. The first-order valence-corrected chi connectivity index (χ1v) is 16.9. The zero-order valence-corrected chi connectivity index (χ0v) is 28.0. The van der Waals surface area contributed by atoms with Crippen LogP contribution >= 0.6 is 15.9 Å². The Kier molecular flexibility index (Phi) is 11.3. The largest absolute Gasteiger partial charge is 0.493 e. The lowest BCUT2D eigenvalue weighted by atomic mass is 9.95. The molecule has 0 aliphatic heterocycles. The van der Waals surface area contributed by atoms with Crippen molar-refractivity contribution in [2.45, 2.75) is 69.5 Å². The van der Waals surface area contributed by atoms with E-state index in [9.17, 15) is 18.0 Å². The predicted octanol–water partition coefficient (Wildman–Crippen LogP) is 5.84. The molecule has 1 saturated carbocycles. The van der Waals surface area contributed by atoms with Crippen LogP contribution in [0, 0.1) is 6.92 Å². The number of nitrogens with one attached hydrogen (secondary N) is 1. The number of carbonyl (C=O) groups excluding carboxylic acids is 2. The standard InChI is InChI=1S/C33H40BrN3O6S/c1-23-10-17-29(18-11-23)44(40,41)37(28-16-19-30(42-3)31(20-28)43-4)22-32(38)36(21-25-12-14-26(34)15-13-25)24(2)33(39)35-27-8-6-5-7-9-27/h10-20,24,27H,5-9,21-22H2,1-4H3,(H,35,39). The van der Waals surface area contributed by atoms with Crippen molar-refractivity contribution in [2.24, 2.45) is 0 Å². The van der Waals surface area contributed by atoms with Crippen molar-refractivity contribution in [3.8, 4) is 11.5 Å². The summed E-state index contributed by atoms with van der Waals surface area (Å²) in [5, 5.41) is 3.12. The lowest BCUT2D eigenvalue weighted by Crippen LogP contribution is -2.53. The molecule has 11 heteroatoms. The highest BCUT2D eigenvalue weighted by Crippen LogP contribution is 2.34. The van der Waals surface area contributed by atoms with E-state index in [0.717, 1.165) is 52.0 Å². The molecule has 9 nitrogen and oxygen atoms in total. The van der Waals surface area contributed by atoms with Crippen molar-refractivity contribution in [2.75, 3.05) is 25.1 Å². The molecule has 1 N–H and O–H groups in total. The number of hydrogen-bond donors (Lipinski definition) is 1. The van der Waals surface area contributed by atoms with Gasteiger partial charge in [-0.25, -0.2) is 8.42 Å². The summed E-state index contributed by atoms with van der Waals surface area (Å²) in [6.07, 6.45) is 5.07. The number of halogens is 1. The minimum absolute atomic E-state index is 0.0354. The van der Waals surface area contributed by atoms with Gasteiger partial charge in [-0.1, -0.05) is 65.0 Å². The summed E-state index contributed by atoms with van der Waals surface area (Å²) in [7, 11) is -1.26. The van der Waals surface area contributed by atoms with Crippen LogP contribution in [0.1, 0.15) is 50.2 Å². The number of ether oxygens (including phenoxy) is 2. The fraction of sp³-hybridized carbons (Fsp3) is 0.394. The van der Waals surface area contributed by atoms with E-state index >= 15 is 0 Å². The molecule has 1 fully saturated rings. The van der Waals surface area contributed by atoms with Crippen LogP contribution in [-0.2, 0) is 26.2 Å². The number of carbonyl (C=O) groups is 2. The molecule has 236 valence electrons. The highest BCUT2D eigenvalue weighted by atomic mass is 79.9. The average molecular weight is 687 g/mol. The van der Waals surface area contributed by atoms with Crippen LogP contribution in [0.4, 0.5) is 5.69 Å². The first-order chi connectivity index (χ1) is 21.0. The van der Waals surface area contributed by atoms with Crippen LogP contribution < -0.4 is 19.1 Å². The molecule has 1 unspecified atom stereocenters. The number of nitrogens with zero attached hydrogens (tertiary/aromatic N) is 2. The fourth-order valence-electron chi connectivity index (χ4n) is 5.28. The third-order valence-corrected chi connectivity index (χ3v) is 10.2. The molecule has 4 rings (SSSR count). The third-order valence-electron chi connectivity index (χ3n) is 7.93. The smallest absolute Gasteiger partial charge is 0.264 e. The molecule has 0 saturated heterocycles. The van der Waals surface area contributed by atoms with Crippen LogP contribution in [0.15, 0.2) is 76.1 Å². The van der Waals surface area contributed by atoms with E-state index in [1.165, 1.54) is 37.3 Å². The molecule has 0 radical (unpaired) electrons. The topological polar surface area (TPSA) is 105 Å². The van der Waals surface area contributed by atoms with Crippen LogP contribution in [0.5, 0.6) is 11.5 Å². The Morgan fingerprint density at radius 1 is 0.932 bits per heavy atom. The SMILES string of the molecule is COc1ccc(N(CC(=O)N(Cc2ccc(Br)cc2)C(C)C(=O)NC2CCCCC2)S(=O)(=O)c2ccc(C)cc2)cc1OC. The molecule has 44 heavy (non-hydrogen) atoms. The van der Waals surface area contributed by atoms with E-state index < -0.39 is 28.5 Å². The van der Waals surface area contributed by atoms with Gasteiger partial charge in [0.1, 0.15) is 12.6 Å². The predicted molar refractivity (Wildman–Crippen MR) is 174 cm³/mol. The van der Waals surface area contributed by atoms with Gasteiger partial charge in [0, 0.05) is 23.1 Å². The van der Waals surface area contributed by atoms with Crippen LogP contribution in [0.2, 0.25) is 0 Å². The quantitative estimate of drug-likeness (QED) is 0.257. The van der Waals surface area contributed by atoms with E-state index in [1.54, 1.807) is 31.2 Å². The summed E-state index contributed by atoms with van der Waals surface area (Å²) in [5.41, 5.74) is 1.92. The second kappa shape index (κ2) is 14.9. The number of amides is 2.